The van der Waals surface area contributed by atoms with E-state index in [1.165, 1.54) is 41.6 Å². The fourth-order valence-corrected chi connectivity index (χ4v) is 3.44. The number of methoxy groups -OCH3 is 1. The standard InChI is InChI=1S/C16H22N2O/c1-11-13-9-8-12(19-4)10-18(13)15-7-5-6-14(16(11)15)17(2)3/h8-10,14H,5-7H2,1-4H3. The normalized spacial score (nSPS) is 18.9. The van der Waals surface area contributed by atoms with Gasteiger partial charge >= 0.3 is 0 Å². The van der Waals surface area contributed by atoms with Gasteiger partial charge in [0.15, 0.2) is 0 Å². The average Bonchev–Trinajstić information content (AvgIpc) is 2.72. The van der Waals surface area contributed by atoms with Crippen molar-refractivity contribution in [3.8, 4) is 5.75 Å². The van der Waals surface area contributed by atoms with E-state index >= 15 is 0 Å². The quantitative estimate of drug-likeness (QED) is 0.822. The lowest BCUT2D eigenvalue weighted by Gasteiger charge is -2.29. The van der Waals surface area contributed by atoms with Gasteiger partial charge in [0.25, 0.3) is 0 Å². The summed E-state index contributed by atoms with van der Waals surface area (Å²) in [5.41, 5.74) is 5.75. The maximum atomic E-state index is 5.37. The van der Waals surface area contributed by atoms with E-state index in [0.717, 1.165) is 5.75 Å². The summed E-state index contributed by atoms with van der Waals surface area (Å²) in [6, 6.07) is 4.78. The predicted molar refractivity (Wildman–Crippen MR) is 78.1 cm³/mol. The molecule has 0 N–H and O–H groups in total. The average molecular weight is 258 g/mol. The van der Waals surface area contributed by atoms with Crippen LogP contribution in [0.1, 0.15) is 35.7 Å². The van der Waals surface area contributed by atoms with Crippen molar-refractivity contribution in [1.29, 1.82) is 0 Å². The minimum Gasteiger partial charge on any atom is -0.495 e. The molecule has 0 bridgehead atoms. The first-order valence-corrected chi connectivity index (χ1v) is 6.97. The third-order valence-electron chi connectivity index (χ3n) is 4.39. The molecule has 0 saturated heterocycles. The molecule has 3 heteroatoms. The summed E-state index contributed by atoms with van der Waals surface area (Å²) in [7, 11) is 6.09. The largest absolute Gasteiger partial charge is 0.495 e. The molecule has 3 rings (SSSR count). The highest BCUT2D eigenvalue weighted by atomic mass is 16.5. The van der Waals surface area contributed by atoms with Gasteiger partial charge in [0.1, 0.15) is 5.75 Å². The van der Waals surface area contributed by atoms with E-state index in [2.05, 4.69) is 48.6 Å². The highest BCUT2D eigenvalue weighted by Gasteiger charge is 2.27. The van der Waals surface area contributed by atoms with Crippen molar-refractivity contribution in [3.63, 3.8) is 0 Å². The van der Waals surface area contributed by atoms with Gasteiger partial charge in [-0.3, -0.25) is 0 Å². The van der Waals surface area contributed by atoms with Crippen molar-refractivity contribution in [2.75, 3.05) is 21.2 Å². The molecule has 1 aliphatic rings. The zero-order valence-corrected chi connectivity index (χ0v) is 12.2. The van der Waals surface area contributed by atoms with Gasteiger partial charge in [0, 0.05) is 17.3 Å². The number of hydrogen-bond donors (Lipinski definition) is 0. The van der Waals surface area contributed by atoms with Crippen molar-refractivity contribution in [1.82, 2.24) is 9.30 Å². The molecule has 2 aromatic heterocycles. The molecule has 2 heterocycles. The lowest BCUT2D eigenvalue weighted by Crippen LogP contribution is -2.24. The van der Waals surface area contributed by atoms with Crippen LogP contribution in [0.5, 0.6) is 5.75 Å². The van der Waals surface area contributed by atoms with E-state index in [4.69, 9.17) is 4.74 Å². The maximum absolute atomic E-state index is 5.37. The molecule has 19 heavy (non-hydrogen) atoms. The summed E-state index contributed by atoms with van der Waals surface area (Å²) in [4.78, 5) is 2.35. The van der Waals surface area contributed by atoms with Gasteiger partial charge in [-0.25, -0.2) is 0 Å². The van der Waals surface area contributed by atoms with Crippen molar-refractivity contribution in [2.45, 2.75) is 32.2 Å². The zero-order chi connectivity index (χ0) is 13.6. The smallest absolute Gasteiger partial charge is 0.135 e. The summed E-state index contributed by atoms with van der Waals surface area (Å²) in [6.07, 6.45) is 5.81. The minimum atomic E-state index is 0.551. The van der Waals surface area contributed by atoms with Crippen molar-refractivity contribution >= 4 is 5.52 Å². The Morgan fingerprint density at radius 3 is 2.79 bits per heavy atom. The van der Waals surface area contributed by atoms with Crippen molar-refractivity contribution in [2.24, 2.45) is 0 Å². The summed E-state index contributed by atoms with van der Waals surface area (Å²) in [6.45, 7) is 2.25. The first kappa shape index (κ1) is 12.5. The Morgan fingerprint density at radius 2 is 2.11 bits per heavy atom. The van der Waals surface area contributed by atoms with Gasteiger partial charge in [-0.05, 0) is 63.5 Å². The van der Waals surface area contributed by atoms with Crippen molar-refractivity contribution in [3.05, 3.63) is 35.2 Å². The fraction of sp³-hybridized carbons (Fsp3) is 0.500. The van der Waals surface area contributed by atoms with Crippen LogP contribution < -0.4 is 4.74 Å². The highest BCUT2D eigenvalue weighted by Crippen LogP contribution is 2.38. The van der Waals surface area contributed by atoms with E-state index in [9.17, 15) is 0 Å². The molecule has 0 radical (unpaired) electrons. The number of rotatable bonds is 2. The van der Waals surface area contributed by atoms with Gasteiger partial charge in [-0.2, -0.15) is 0 Å². The van der Waals surface area contributed by atoms with Crippen LogP contribution in [0.25, 0.3) is 5.52 Å². The van der Waals surface area contributed by atoms with E-state index < -0.39 is 0 Å². The molecule has 3 nitrogen and oxygen atoms in total. The van der Waals surface area contributed by atoms with Crippen LogP contribution in [0.4, 0.5) is 0 Å². The second-order valence-corrected chi connectivity index (χ2v) is 5.68. The lowest BCUT2D eigenvalue weighted by atomic mass is 9.89. The number of pyridine rings is 1. The molecule has 0 aliphatic heterocycles. The fourth-order valence-electron chi connectivity index (χ4n) is 3.44. The molecule has 0 saturated carbocycles. The zero-order valence-electron chi connectivity index (χ0n) is 12.2. The summed E-state index contributed by atoms with van der Waals surface area (Å²) >= 11 is 0. The molecule has 0 spiro atoms. The number of hydrogen-bond acceptors (Lipinski definition) is 2. The van der Waals surface area contributed by atoms with E-state index in [-0.39, 0.29) is 0 Å². The van der Waals surface area contributed by atoms with Crippen LogP contribution in [-0.4, -0.2) is 30.5 Å². The van der Waals surface area contributed by atoms with Gasteiger partial charge < -0.3 is 14.0 Å². The monoisotopic (exact) mass is 258 g/mol. The Morgan fingerprint density at radius 1 is 1.32 bits per heavy atom. The Labute approximate surface area is 114 Å². The summed E-state index contributed by atoms with van der Waals surface area (Å²) in [5.74, 6) is 0.928. The van der Waals surface area contributed by atoms with E-state index in [1.807, 2.05) is 0 Å². The summed E-state index contributed by atoms with van der Waals surface area (Å²) in [5, 5.41) is 0. The Bertz CT molecular complexity index is 613. The molecule has 1 atom stereocenters. The number of aryl methyl sites for hydroxylation is 2. The number of fused-ring (bicyclic) bond motifs is 3. The molecule has 2 aromatic rings. The SMILES string of the molecule is COc1ccc2c(C)c3c(n2c1)CCCC3N(C)C. The molecule has 0 fully saturated rings. The van der Waals surface area contributed by atoms with Crippen LogP contribution in [0.3, 0.4) is 0 Å². The first-order chi connectivity index (χ1) is 9.13. The second kappa shape index (κ2) is 4.57. The number of aromatic nitrogens is 1. The Balaban J connectivity index is 2.26. The second-order valence-electron chi connectivity index (χ2n) is 5.68. The van der Waals surface area contributed by atoms with Crippen molar-refractivity contribution < 1.29 is 4.74 Å². The molecule has 1 aliphatic carbocycles. The minimum absolute atomic E-state index is 0.551. The Kier molecular flexibility index (Phi) is 3.02. The van der Waals surface area contributed by atoms with E-state index in [1.54, 1.807) is 7.11 Å². The molecule has 1 unspecified atom stereocenters. The van der Waals surface area contributed by atoms with E-state index in [0.29, 0.717) is 6.04 Å². The maximum Gasteiger partial charge on any atom is 0.135 e. The van der Waals surface area contributed by atoms with Gasteiger partial charge in [0.2, 0.25) is 0 Å². The molecular weight excluding hydrogens is 236 g/mol. The van der Waals surface area contributed by atoms with Crippen LogP contribution in [-0.2, 0) is 6.42 Å². The molecule has 102 valence electrons. The first-order valence-electron chi connectivity index (χ1n) is 6.97. The predicted octanol–water partition coefficient (Wildman–Crippen LogP) is 3.20. The summed E-state index contributed by atoms with van der Waals surface area (Å²) < 4.78 is 7.70. The third-order valence-corrected chi connectivity index (χ3v) is 4.39. The van der Waals surface area contributed by atoms with Crippen LogP contribution in [0.15, 0.2) is 18.3 Å². The van der Waals surface area contributed by atoms with Gasteiger partial charge in [-0.15, -0.1) is 0 Å². The molecular formula is C16H22N2O. The number of ether oxygens (including phenoxy) is 1. The highest BCUT2D eigenvalue weighted by molar-refractivity contribution is 5.63. The topological polar surface area (TPSA) is 16.9 Å². The lowest BCUT2D eigenvalue weighted by molar-refractivity contribution is 0.267. The van der Waals surface area contributed by atoms with Crippen LogP contribution >= 0.6 is 0 Å². The van der Waals surface area contributed by atoms with Crippen LogP contribution in [0.2, 0.25) is 0 Å². The number of nitrogens with zero attached hydrogens (tertiary/aromatic N) is 2. The van der Waals surface area contributed by atoms with Gasteiger partial charge in [0.05, 0.1) is 13.3 Å². The van der Waals surface area contributed by atoms with Crippen LogP contribution in [0, 0.1) is 6.92 Å². The van der Waals surface area contributed by atoms with Gasteiger partial charge in [-0.1, -0.05) is 0 Å². The molecule has 0 amide bonds. The third kappa shape index (κ3) is 1.84. The molecule has 0 aromatic carbocycles. The Hall–Kier alpha value is -1.48.